The summed E-state index contributed by atoms with van der Waals surface area (Å²) in [4.78, 5) is 0. The summed E-state index contributed by atoms with van der Waals surface area (Å²) in [6.07, 6.45) is 3.81. The van der Waals surface area contributed by atoms with Crippen LogP contribution in [0.2, 0.25) is 0 Å². The molecule has 1 aromatic heterocycles. The number of phenols is 1. The van der Waals surface area contributed by atoms with Crippen molar-refractivity contribution < 1.29 is 43.2 Å². The molecule has 0 bridgehead atoms. The standard InChI is InChI=1S/C20H15NO2.ClHO4/c1-21-18-9-5-4-8-17(18)20(23-21)13-11-16-15-7-3-2-6-14(15)10-12-19(16)22;2-1(3,4)5/h2-13H,1H3;(H,2,3,4,5). The van der Waals surface area contributed by atoms with Crippen LogP contribution in [0.3, 0.4) is 0 Å². The lowest BCUT2D eigenvalue weighted by atomic mass is 10.0. The van der Waals surface area contributed by atoms with Gasteiger partial charge in [-0.3, -0.25) is 0 Å². The van der Waals surface area contributed by atoms with Crippen LogP contribution in [0.1, 0.15) is 11.3 Å². The Labute approximate surface area is 162 Å². The van der Waals surface area contributed by atoms with Crippen LogP contribution >= 0.6 is 0 Å². The van der Waals surface area contributed by atoms with E-state index in [1.54, 1.807) is 10.8 Å². The van der Waals surface area contributed by atoms with Gasteiger partial charge in [0.05, 0.1) is 0 Å². The van der Waals surface area contributed by atoms with E-state index in [0.29, 0.717) is 0 Å². The molecule has 8 heteroatoms. The Morgan fingerprint density at radius 1 is 0.857 bits per heavy atom. The average molecular weight is 402 g/mol. The van der Waals surface area contributed by atoms with Crippen LogP contribution in [0.15, 0.2) is 65.2 Å². The zero-order chi connectivity index (χ0) is 20.3. The lowest BCUT2D eigenvalue weighted by Gasteiger charge is -2.17. The Bertz CT molecular complexity index is 1140. The number of para-hydroxylation sites is 1. The summed E-state index contributed by atoms with van der Waals surface area (Å²) >= 11 is 0. The summed E-state index contributed by atoms with van der Waals surface area (Å²) in [6.45, 7) is 0. The predicted molar refractivity (Wildman–Crippen MR) is 91.9 cm³/mol. The van der Waals surface area contributed by atoms with Crippen molar-refractivity contribution in [2.24, 2.45) is 7.05 Å². The van der Waals surface area contributed by atoms with Crippen LogP contribution < -0.4 is 23.4 Å². The molecule has 0 aliphatic rings. The van der Waals surface area contributed by atoms with Crippen LogP contribution in [0.25, 0.3) is 33.8 Å². The molecule has 3 aromatic carbocycles. The van der Waals surface area contributed by atoms with Crippen molar-refractivity contribution in [2.75, 3.05) is 0 Å². The van der Waals surface area contributed by atoms with Gasteiger partial charge in [0.1, 0.15) is 11.1 Å². The van der Waals surface area contributed by atoms with Gasteiger partial charge in [-0.15, -0.1) is 10.2 Å². The fourth-order valence-corrected chi connectivity index (χ4v) is 2.94. The lowest BCUT2D eigenvalue weighted by molar-refractivity contribution is -2.00. The molecule has 0 saturated carbocycles. The van der Waals surface area contributed by atoms with E-state index in [0.717, 1.165) is 33.0 Å². The van der Waals surface area contributed by atoms with Crippen molar-refractivity contribution in [3.8, 4) is 5.75 Å². The summed E-state index contributed by atoms with van der Waals surface area (Å²) in [7, 11) is -3.06. The van der Waals surface area contributed by atoms with E-state index in [9.17, 15) is 5.11 Å². The van der Waals surface area contributed by atoms with E-state index in [1.165, 1.54) is 0 Å². The van der Waals surface area contributed by atoms with E-state index in [4.69, 9.17) is 23.2 Å². The van der Waals surface area contributed by atoms with Crippen molar-refractivity contribution in [1.82, 2.24) is 0 Å². The zero-order valence-corrected chi connectivity index (χ0v) is 15.5. The number of aromatic nitrogens is 1. The molecular weight excluding hydrogens is 386 g/mol. The van der Waals surface area contributed by atoms with Gasteiger partial charge in [0, 0.05) is 11.6 Å². The Hall–Kier alpha value is -2.94. The smallest absolute Gasteiger partial charge is 0.262 e. The molecule has 0 radical (unpaired) electrons. The highest BCUT2D eigenvalue weighted by Gasteiger charge is 2.15. The quantitative estimate of drug-likeness (QED) is 0.452. The number of rotatable bonds is 2. The first-order valence-corrected chi connectivity index (χ1v) is 9.36. The topological polar surface area (TPSA) is 129 Å². The third kappa shape index (κ3) is 4.66. The number of nitrogens with zero attached hydrogens (tertiary/aromatic N) is 1. The van der Waals surface area contributed by atoms with Gasteiger partial charge in [0.2, 0.25) is 5.76 Å². The second kappa shape index (κ2) is 7.97. The number of phenolic OH excluding ortho intramolecular Hbond substituents is 1. The van der Waals surface area contributed by atoms with Crippen molar-refractivity contribution in [2.45, 2.75) is 0 Å². The van der Waals surface area contributed by atoms with Gasteiger partial charge in [0.15, 0.2) is 7.05 Å². The molecule has 28 heavy (non-hydrogen) atoms. The van der Waals surface area contributed by atoms with Gasteiger partial charge in [-0.2, -0.15) is 0 Å². The molecule has 4 rings (SSSR count). The Morgan fingerprint density at radius 3 is 2.18 bits per heavy atom. The molecule has 0 amide bonds. The fourth-order valence-electron chi connectivity index (χ4n) is 2.94. The first kappa shape index (κ1) is 19.8. The second-order valence-corrected chi connectivity index (χ2v) is 6.66. The van der Waals surface area contributed by atoms with Gasteiger partial charge in [-0.1, -0.05) is 42.5 Å². The number of fused-ring (bicyclic) bond motifs is 2. The molecule has 0 saturated heterocycles. The summed E-state index contributed by atoms with van der Waals surface area (Å²) in [6, 6.07) is 19.7. The zero-order valence-electron chi connectivity index (χ0n) is 14.7. The summed E-state index contributed by atoms with van der Waals surface area (Å²) in [5, 5.41) is 13.4. The van der Waals surface area contributed by atoms with Gasteiger partial charge < -0.3 is 5.11 Å². The molecule has 0 aliphatic carbocycles. The van der Waals surface area contributed by atoms with Crippen LogP contribution in [-0.2, 0) is 7.05 Å². The molecule has 1 heterocycles. The van der Waals surface area contributed by atoms with E-state index in [-0.39, 0.29) is 5.75 Å². The van der Waals surface area contributed by atoms with E-state index in [2.05, 4.69) is 0 Å². The first-order chi connectivity index (χ1) is 13.2. The molecule has 1 N–H and O–H groups in total. The molecule has 0 unspecified atom stereocenters. The predicted octanol–water partition coefficient (Wildman–Crippen LogP) is -0.470. The summed E-state index contributed by atoms with van der Waals surface area (Å²) < 4.78 is 41.5. The fraction of sp³-hybridized carbons (Fsp3) is 0.0500. The minimum Gasteiger partial charge on any atom is -0.507 e. The number of aromatic hydroxyl groups is 1. The van der Waals surface area contributed by atoms with Crippen LogP contribution in [0, 0.1) is 10.2 Å². The van der Waals surface area contributed by atoms with Crippen molar-refractivity contribution in [3.05, 3.63) is 72.0 Å². The van der Waals surface area contributed by atoms with E-state index < -0.39 is 10.2 Å². The number of hydrogen-bond acceptors (Lipinski definition) is 6. The highest BCUT2D eigenvalue weighted by atomic mass is 35.7. The number of halogens is 1. The average Bonchev–Trinajstić information content (AvgIpc) is 2.96. The Morgan fingerprint density at radius 2 is 1.46 bits per heavy atom. The monoisotopic (exact) mass is 401 g/mol. The van der Waals surface area contributed by atoms with Gasteiger partial charge in [-0.05, 0) is 39.8 Å². The van der Waals surface area contributed by atoms with Crippen LogP contribution in [0.5, 0.6) is 5.75 Å². The van der Waals surface area contributed by atoms with Gasteiger partial charge in [-0.25, -0.2) is 23.2 Å². The minimum absolute atomic E-state index is 0.264. The molecule has 0 atom stereocenters. The third-order valence-corrected chi connectivity index (χ3v) is 4.09. The molecule has 0 fully saturated rings. The first-order valence-electron chi connectivity index (χ1n) is 8.12. The summed E-state index contributed by atoms with van der Waals surface area (Å²) in [5.74, 6) is 1.04. The molecular formula is C20H16ClNO6. The van der Waals surface area contributed by atoms with Crippen LogP contribution in [0.4, 0.5) is 0 Å². The Balaban J connectivity index is 0.000000403. The van der Waals surface area contributed by atoms with Crippen molar-refractivity contribution >= 4 is 33.8 Å². The molecule has 0 spiro atoms. The van der Waals surface area contributed by atoms with Gasteiger partial charge in [0.25, 0.3) is 5.52 Å². The van der Waals surface area contributed by atoms with Gasteiger partial charge >= 0.3 is 0 Å². The van der Waals surface area contributed by atoms with E-state index in [1.807, 2.05) is 73.8 Å². The maximum atomic E-state index is 10.2. The number of aryl methyl sites for hydroxylation is 1. The van der Waals surface area contributed by atoms with Crippen LogP contribution in [-0.4, -0.2) is 5.11 Å². The minimum atomic E-state index is -4.94. The molecule has 144 valence electrons. The highest BCUT2D eigenvalue weighted by Crippen LogP contribution is 2.29. The maximum absolute atomic E-state index is 10.2. The van der Waals surface area contributed by atoms with Crippen molar-refractivity contribution in [3.63, 3.8) is 0 Å². The highest BCUT2D eigenvalue weighted by molar-refractivity contribution is 5.96. The van der Waals surface area contributed by atoms with Crippen molar-refractivity contribution in [1.29, 1.82) is 0 Å². The number of hydrogen-bond donors (Lipinski definition) is 1. The largest absolute Gasteiger partial charge is 0.507 e. The molecule has 7 nitrogen and oxygen atoms in total. The molecule has 4 aromatic rings. The maximum Gasteiger partial charge on any atom is 0.262 e. The Kier molecular flexibility index (Phi) is 5.64. The third-order valence-electron chi connectivity index (χ3n) is 4.09. The second-order valence-electron chi connectivity index (χ2n) is 5.90. The SMILES string of the molecule is C[n+]1oc(/C=C/c2c(O)ccc3ccccc23)c2ccccc21.[O-][Cl+3]([O-])([O-])[O-]. The number of benzene rings is 3. The normalized spacial score (nSPS) is 11.8. The lowest BCUT2D eigenvalue weighted by Crippen LogP contribution is -2.68. The summed E-state index contributed by atoms with van der Waals surface area (Å²) in [5.41, 5.74) is 1.83. The van der Waals surface area contributed by atoms with E-state index >= 15 is 0 Å². The molecule has 0 aliphatic heterocycles.